The Morgan fingerprint density at radius 2 is 2.05 bits per heavy atom. The van der Waals surface area contributed by atoms with Gasteiger partial charge in [-0.1, -0.05) is 6.07 Å². The van der Waals surface area contributed by atoms with E-state index in [-0.39, 0.29) is 30.7 Å². The maximum Gasteiger partial charge on any atom is 0.253 e. The van der Waals surface area contributed by atoms with Crippen LogP contribution in [-0.2, 0) is 19.6 Å². The molecule has 2 heterocycles. The number of carbonyl (C=O) groups is 1. The minimum atomic E-state index is 0. The van der Waals surface area contributed by atoms with E-state index in [9.17, 15) is 4.79 Å². The summed E-state index contributed by atoms with van der Waals surface area (Å²) in [6, 6.07) is 5.96. The summed E-state index contributed by atoms with van der Waals surface area (Å²) in [7, 11) is 1.82. The van der Waals surface area contributed by atoms with Crippen LogP contribution in [-0.4, -0.2) is 22.8 Å². The summed E-state index contributed by atoms with van der Waals surface area (Å²) in [4.78, 5) is 18.6. The Morgan fingerprint density at radius 3 is 2.73 bits per heavy atom. The first-order chi connectivity index (χ1) is 9.63. The second kappa shape index (κ2) is 7.92. The van der Waals surface area contributed by atoms with Gasteiger partial charge in [-0.05, 0) is 30.2 Å². The highest BCUT2D eigenvalue weighted by Gasteiger charge is 2.17. The summed E-state index contributed by atoms with van der Waals surface area (Å²) >= 11 is 1.61. The van der Waals surface area contributed by atoms with Crippen molar-refractivity contribution in [2.24, 2.45) is 0 Å². The Morgan fingerprint density at radius 1 is 1.32 bits per heavy atom. The molecule has 0 spiro atoms. The monoisotopic (exact) mass is 359 g/mol. The van der Waals surface area contributed by atoms with Gasteiger partial charge >= 0.3 is 0 Å². The number of rotatable bonds is 3. The number of aromatic nitrogens is 1. The van der Waals surface area contributed by atoms with Gasteiger partial charge in [-0.2, -0.15) is 0 Å². The SMILES string of the molecule is Cc1nc(CN(C)C(=O)c2ccc3c(c2)CNC3)cs1.Cl.Cl. The fraction of sp³-hybridized carbons (Fsp3) is 0.333. The summed E-state index contributed by atoms with van der Waals surface area (Å²) in [5.74, 6) is 0.0466. The second-order valence-electron chi connectivity index (χ2n) is 5.11. The molecule has 1 amide bonds. The Hall–Kier alpha value is -1.14. The van der Waals surface area contributed by atoms with Gasteiger partial charge in [0.2, 0.25) is 0 Å². The van der Waals surface area contributed by atoms with Crippen molar-refractivity contribution in [2.75, 3.05) is 7.05 Å². The zero-order valence-corrected chi connectivity index (χ0v) is 14.9. The molecule has 0 unspecified atom stereocenters. The molecule has 0 aliphatic carbocycles. The van der Waals surface area contributed by atoms with Crippen molar-refractivity contribution in [1.29, 1.82) is 0 Å². The quantitative estimate of drug-likeness (QED) is 0.915. The van der Waals surface area contributed by atoms with E-state index < -0.39 is 0 Å². The second-order valence-corrected chi connectivity index (χ2v) is 6.17. The van der Waals surface area contributed by atoms with Gasteiger partial charge in [0.05, 0.1) is 17.2 Å². The number of hydrogen-bond donors (Lipinski definition) is 1. The van der Waals surface area contributed by atoms with Gasteiger partial charge in [0.15, 0.2) is 0 Å². The smallest absolute Gasteiger partial charge is 0.253 e. The largest absolute Gasteiger partial charge is 0.336 e. The van der Waals surface area contributed by atoms with Crippen LogP contribution in [0.1, 0.15) is 32.2 Å². The van der Waals surface area contributed by atoms with Crippen molar-refractivity contribution in [2.45, 2.75) is 26.6 Å². The van der Waals surface area contributed by atoms with Crippen LogP contribution in [0, 0.1) is 6.92 Å². The first-order valence-electron chi connectivity index (χ1n) is 6.62. The molecule has 0 saturated carbocycles. The van der Waals surface area contributed by atoms with E-state index in [0.29, 0.717) is 6.54 Å². The van der Waals surface area contributed by atoms with Crippen LogP contribution in [0.15, 0.2) is 23.6 Å². The van der Waals surface area contributed by atoms with E-state index in [0.717, 1.165) is 29.4 Å². The summed E-state index contributed by atoms with van der Waals surface area (Å²) in [5, 5.41) is 6.33. The highest BCUT2D eigenvalue weighted by molar-refractivity contribution is 7.09. The predicted molar refractivity (Wildman–Crippen MR) is 94.1 cm³/mol. The molecule has 0 saturated heterocycles. The molecular weight excluding hydrogens is 341 g/mol. The first kappa shape index (κ1) is 18.9. The molecule has 0 atom stereocenters. The number of halogens is 2. The third kappa shape index (κ3) is 3.98. The van der Waals surface area contributed by atoms with Crippen LogP contribution in [0.25, 0.3) is 0 Å². The third-order valence-corrected chi connectivity index (χ3v) is 4.32. The normalized spacial score (nSPS) is 12.1. The molecule has 1 aliphatic heterocycles. The van der Waals surface area contributed by atoms with Gasteiger partial charge in [-0.25, -0.2) is 4.98 Å². The summed E-state index contributed by atoms with van der Waals surface area (Å²) in [6.45, 7) is 4.28. The zero-order chi connectivity index (χ0) is 14.1. The molecule has 2 aromatic rings. The van der Waals surface area contributed by atoms with Crippen molar-refractivity contribution in [1.82, 2.24) is 15.2 Å². The number of hydrogen-bond acceptors (Lipinski definition) is 4. The van der Waals surface area contributed by atoms with Crippen LogP contribution in [0.3, 0.4) is 0 Å². The highest BCUT2D eigenvalue weighted by atomic mass is 35.5. The molecular formula is C15H19Cl2N3OS. The lowest BCUT2D eigenvalue weighted by molar-refractivity contribution is 0.0783. The van der Waals surface area contributed by atoms with E-state index >= 15 is 0 Å². The molecule has 0 radical (unpaired) electrons. The molecule has 0 fully saturated rings. The van der Waals surface area contributed by atoms with Gasteiger partial charge in [0.25, 0.3) is 5.91 Å². The maximum absolute atomic E-state index is 12.4. The van der Waals surface area contributed by atoms with Crippen molar-refractivity contribution < 1.29 is 4.79 Å². The predicted octanol–water partition coefficient (Wildman–Crippen LogP) is 3.17. The molecule has 4 nitrogen and oxygen atoms in total. The zero-order valence-electron chi connectivity index (χ0n) is 12.5. The summed E-state index contributed by atoms with van der Waals surface area (Å²) in [5.41, 5.74) is 4.22. The Bertz CT molecular complexity index is 660. The van der Waals surface area contributed by atoms with Crippen molar-refractivity contribution in [3.63, 3.8) is 0 Å². The molecule has 3 rings (SSSR count). The van der Waals surface area contributed by atoms with Gasteiger partial charge in [-0.3, -0.25) is 4.79 Å². The molecule has 120 valence electrons. The Kier molecular flexibility index (Phi) is 6.81. The van der Waals surface area contributed by atoms with Crippen LogP contribution in [0.2, 0.25) is 0 Å². The summed E-state index contributed by atoms with van der Waals surface area (Å²) < 4.78 is 0. The van der Waals surface area contributed by atoms with Crippen molar-refractivity contribution >= 4 is 42.1 Å². The third-order valence-electron chi connectivity index (χ3n) is 3.50. The van der Waals surface area contributed by atoms with E-state index in [2.05, 4.69) is 10.3 Å². The van der Waals surface area contributed by atoms with Crippen LogP contribution >= 0.6 is 36.2 Å². The fourth-order valence-corrected chi connectivity index (χ4v) is 3.05. The molecule has 1 aliphatic rings. The number of thiazole rings is 1. The Balaban J connectivity index is 0.00000121. The minimum absolute atomic E-state index is 0. The minimum Gasteiger partial charge on any atom is -0.336 e. The van der Waals surface area contributed by atoms with Gasteiger partial charge in [-0.15, -0.1) is 36.2 Å². The Labute approximate surface area is 146 Å². The number of amides is 1. The highest BCUT2D eigenvalue weighted by Crippen LogP contribution is 2.18. The standard InChI is InChI=1S/C15H17N3OS.2ClH/c1-10-17-14(9-20-10)8-18(2)15(19)11-3-4-12-6-16-7-13(12)5-11;;/h3-5,9,16H,6-8H2,1-2H3;2*1H. The average Bonchev–Trinajstić information content (AvgIpc) is 3.05. The number of aryl methyl sites for hydroxylation is 1. The van der Waals surface area contributed by atoms with Crippen LogP contribution in [0.4, 0.5) is 0 Å². The number of nitrogens with one attached hydrogen (secondary N) is 1. The number of fused-ring (bicyclic) bond motifs is 1. The number of benzene rings is 1. The van der Waals surface area contributed by atoms with Gasteiger partial charge in [0.1, 0.15) is 0 Å². The molecule has 1 N–H and O–H groups in total. The van der Waals surface area contributed by atoms with E-state index in [1.807, 2.05) is 37.6 Å². The number of nitrogens with zero attached hydrogens (tertiary/aromatic N) is 2. The van der Waals surface area contributed by atoms with E-state index in [1.165, 1.54) is 11.1 Å². The van der Waals surface area contributed by atoms with Crippen molar-refractivity contribution in [3.05, 3.63) is 51.0 Å². The van der Waals surface area contributed by atoms with E-state index in [4.69, 9.17) is 0 Å². The van der Waals surface area contributed by atoms with Gasteiger partial charge < -0.3 is 10.2 Å². The maximum atomic E-state index is 12.4. The molecule has 22 heavy (non-hydrogen) atoms. The van der Waals surface area contributed by atoms with Crippen LogP contribution in [0.5, 0.6) is 0 Å². The number of carbonyl (C=O) groups excluding carboxylic acids is 1. The fourth-order valence-electron chi connectivity index (χ4n) is 2.44. The van der Waals surface area contributed by atoms with E-state index in [1.54, 1.807) is 16.2 Å². The molecule has 7 heteroatoms. The lowest BCUT2D eigenvalue weighted by Crippen LogP contribution is -2.26. The average molecular weight is 360 g/mol. The first-order valence-corrected chi connectivity index (χ1v) is 7.50. The topological polar surface area (TPSA) is 45.2 Å². The van der Waals surface area contributed by atoms with Crippen molar-refractivity contribution in [3.8, 4) is 0 Å². The summed E-state index contributed by atoms with van der Waals surface area (Å²) in [6.07, 6.45) is 0. The lowest BCUT2D eigenvalue weighted by atomic mass is 10.1. The molecule has 0 bridgehead atoms. The molecule has 1 aromatic carbocycles. The lowest BCUT2D eigenvalue weighted by Gasteiger charge is -2.16. The van der Waals surface area contributed by atoms with Gasteiger partial charge in [0, 0.05) is 31.1 Å². The molecule has 1 aromatic heterocycles. The van der Waals surface area contributed by atoms with Crippen LogP contribution < -0.4 is 5.32 Å².